The maximum absolute atomic E-state index is 11.9. The molecule has 6 heteroatoms. The highest BCUT2D eigenvalue weighted by atomic mass is 16.5. The van der Waals surface area contributed by atoms with E-state index >= 15 is 0 Å². The molecule has 1 fully saturated rings. The predicted molar refractivity (Wildman–Crippen MR) is 98.7 cm³/mol. The third-order valence-electron chi connectivity index (χ3n) is 4.34. The summed E-state index contributed by atoms with van der Waals surface area (Å²) in [6, 6.07) is 8.02. The van der Waals surface area contributed by atoms with Gasteiger partial charge in [0.15, 0.2) is 5.96 Å². The lowest BCUT2D eigenvalue weighted by molar-refractivity contribution is -0.149. The fraction of sp³-hybridized carbons (Fsp3) is 0.579. The van der Waals surface area contributed by atoms with Crippen LogP contribution in [0, 0.1) is 5.92 Å². The second-order valence-corrected chi connectivity index (χ2v) is 5.95. The summed E-state index contributed by atoms with van der Waals surface area (Å²) >= 11 is 0. The van der Waals surface area contributed by atoms with Crippen molar-refractivity contribution in [2.45, 2.75) is 33.2 Å². The quantitative estimate of drug-likeness (QED) is 0.486. The molecule has 1 aliphatic heterocycles. The van der Waals surface area contributed by atoms with Crippen molar-refractivity contribution < 1.29 is 14.3 Å². The number of carbonyl (C=O) groups excluding carboxylic acids is 1. The first-order chi connectivity index (χ1) is 12.2. The number of nitrogens with one attached hydrogen (secondary N) is 1. The molecule has 1 aromatic carbocycles. The summed E-state index contributed by atoms with van der Waals surface area (Å²) in [5, 5.41) is 3.40. The van der Waals surface area contributed by atoms with Crippen LogP contribution in [0.5, 0.6) is 5.75 Å². The largest absolute Gasteiger partial charge is 0.494 e. The fourth-order valence-electron chi connectivity index (χ4n) is 3.04. The van der Waals surface area contributed by atoms with Crippen molar-refractivity contribution in [3.05, 3.63) is 29.8 Å². The minimum absolute atomic E-state index is 0.00739. The number of rotatable bonds is 6. The Balaban J connectivity index is 1.89. The third-order valence-corrected chi connectivity index (χ3v) is 4.34. The van der Waals surface area contributed by atoms with E-state index < -0.39 is 0 Å². The van der Waals surface area contributed by atoms with Gasteiger partial charge in [0, 0.05) is 32.2 Å². The molecule has 0 aliphatic carbocycles. The van der Waals surface area contributed by atoms with E-state index in [0.29, 0.717) is 19.8 Å². The first-order valence-corrected chi connectivity index (χ1v) is 9.02. The lowest BCUT2D eigenvalue weighted by Crippen LogP contribution is -2.46. The number of hydrogen-bond acceptors (Lipinski definition) is 4. The van der Waals surface area contributed by atoms with Crippen LogP contribution >= 0.6 is 0 Å². The summed E-state index contributed by atoms with van der Waals surface area (Å²) in [6.07, 6.45) is 1.60. The van der Waals surface area contributed by atoms with Crippen LogP contribution in [0.3, 0.4) is 0 Å². The summed E-state index contributed by atoms with van der Waals surface area (Å²) in [4.78, 5) is 18.4. The van der Waals surface area contributed by atoms with E-state index in [2.05, 4.69) is 21.3 Å². The first kappa shape index (κ1) is 19.1. The number of likely N-dealkylation sites (tertiary alicyclic amines) is 1. The standard InChI is InChI=1S/C19H29N3O3/c1-4-24-17-9-7-6-8-16(17)14-21-19(20-3)22-12-10-15(11-13-22)18(23)25-5-2/h6-9,15H,4-5,10-14H2,1-3H3,(H,20,21). The van der Waals surface area contributed by atoms with Gasteiger partial charge >= 0.3 is 5.97 Å². The highest BCUT2D eigenvalue weighted by Gasteiger charge is 2.27. The highest BCUT2D eigenvalue weighted by Crippen LogP contribution is 2.20. The van der Waals surface area contributed by atoms with E-state index in [1.165, 1.54) is 0 Å². The predicted octanol–water partition coefficient (Wildman–Crippen LogP) is 2.44. The maximum Gasteiger partial charge on any atom is 0.309 e. The Morgan fingerprint density at radius 3 is 2.60 bits per heavy atom. The van der Waals surface area contributed by atoms with Gasteiger partial charge in [0.2, 0.25) is 0 Å². The number of hydrogen-bond donors (Lipinski definition) is 1. The summed E-state index contributed by atoms with van der Waals surface area (Å²) < 4.78 is 10.8. The smallest absolute Gasteiger partial charge is 0.309 e. The number of guanidine groups is 1. The van der Waals surface area contributed by atoms with E-state index in [0.717, 1.165) is 43.2 Å². The summed E-state index contributed by atoms with van der Waals surface area (Å²) in [5.41, 5.74) is 1.10. The van der Waals surface area contributed by atoms with Gasteiger partial charge in [-0.15, -0.1) is 0 Å². The first-order valence-electron chi connectivity index (χ1n) is 9.02. The zero-order valence-electron chi connectivity index (χ0n) is 15.5. The lowest BCUT2D eigenvalue weighted by Gasteiger charge is -2.33. The monoisotopic (exact) mass is 347 g/mol. The molecule has 0 spiro atoms. The molecule has 1 aliphatic rings. The van der Waals surface area contributed by atoms with Gasteiger partial charge in [-0.25, -0.2) is 0 Å². The van der Waals surface area contributed by atoms with Crippen LogP contribution < -0.4 is 10.1 Å². The van der Waals surface area contributed by atoms with Crippen LogP contribution in [0.15, 0.2) is 29.3 Å². The van der Waals surface area contributed by atoms with Gasteiger partial charge in [-0.05, 0) is 32.8 Å². The van der Waals surface area contributed by atoms with Crippen molar-refractivity contribution in [3.63, 3.8) is 0 Å². The Kier molecular flexibility index (Phi) is 7.57. The van der Waals surface area contributed by atoms with Gasteiger partial charge in [0.1, 0.15) is 5.75 Å². The number of esters is 1. The lowest BCUT2D eigenvalue weighted by atomic mass is 9.97. The second kappa shape index (κ2) is 9.91. The van der Waals surface area contributed by atoms with Gasteiger partial charge in [-0.3, -0.25) is 9.79 Å². The number of para-hydroxylation sites is 1. The minimum atomic E-state index is -0.0734. The van der Waals surface area contributed by atoms with E-state index in [1.807, 2.05) is 32.0 Å². The molecule has 0 atom stereocenters. The number of piperidine rings is 1. The van der Waals surface area contributed by atoms with E-state index in [1.54, 1.807) is 7.05 Å². The Bertz CT molecular complexity index is 581. The molecule has 138 valence electrons. The van der Waals surface area contributed by atoms with E-state index in [4.69, 9.17) is 9.47 Å². The van der Waals surface area contributed by atoms with Crippen molar-refractivity contribution in [1.82, 2.24) is 10.2 Å². The van der Waals surface area contributed by atoms with Crippen molar-refractivity contribution in [1.29, 1.82) is 0 Å². The average Bonchev–Trinajstić information content (AvgIpc) is 2.64. The molecule has 25 heavy (non-hydrogen) atoms. The molecular weight excluding hydrogens is 318 g/mol. The van der Waals surface area contributed by atoms with Gasteiger partial charge in [-0.1, -0.05) is 18.2 Å². The van der Waals surface area contributed by atoms with Gasteiger partial charge in [0.25, 0.3) is 0 Å². The highest BCUT2D eigenvalue weighted by molar-refractivity contribution is 5.80. The molecule has 1 saturated heterocycles. The Morgan fingerprint density at radius 2 is 1.96 bits per heavy atom. The number of aliphatic imine (C=N–C) groups is 1. The molecule has 1 N–H and O–H groups in total. The van der Waals surface area contributed by atoms with Crippen LogP contribution in [-0.4, -0.2) is 50.2 Å². The molecule has 0 saturated carbocycles. The molecular formula is C19H29N3O3. The van der Waals surface area contributed by atoms with Crippen LogP contribution in [0.2, 0.25) is 0 Å². The van der Waals surface area contributed by atoms with Gasteiger partial charge in [-0.2, -0.15) is 0 Å². The summed E-state index contributed by atoms with van der Waals surface area (Å²) in [7, 11) is 1.79. The molecule has 0 amide bonds. The summed E-state index contributed by atoms with van der Waals surface area (Å²) in [6.45, 7) is 7.18. The SMILES string of the molecule is CCOC(=O)C1CCN(C(=NC)NCc2ccccc2OCC)CC1. The van der Waals surface area contributed by atoms with Crippen molar-refractivity contribution in [2.75, 3.05) is 33.4 Å². The van der Waals surface area contributed by atoms with Gasteiger partial charge in [0.05, 0.1) is 19.1 Å². The number of ether oxygens (including phenoxy) is 2. The Labute approximate surface area is 150 Å². The van der Waals surface area contributed by atoms with Crippen LogP contribution in [0.25, 0.3) is 0 Å². The molecule has 0 radical (unpaired) electrons. The van der Waals surface area contributed by atoms with Crippen LogP contribution in [-0.2, 0) is 16.1 Å². The fourth-order valence-corrected chi connectivity index (χ4v) is 3.04. The Morgan fingerprint density at radius 1 is 1.24 bits per heavy atom. The maximum atomic E-state index is 11.9. The zero-order chi connectivity index (χ0) is 18.1. The molecule has 0 bridgehead atoms. The number of benzene rings is 1. The molecule has 6 nitrogen and oxygen atoms in total. The second-order valence-electron chi connectivity index (χ2n) is 5.95. The van der Waals surface area contributed by atoms with Gasteiger partial charge < -0.3 is 19.7 Å². The van der Waals surface area contributed by atoms with E-state index in [-0.39, 0.29) is 11.9 Å². The number of carbonyl (C=O) groups is 1. The third kappa shape index (κ3) is 5.37. The molecule has 1 heterocycles. The topological polar surface area (TPSA) is 63.2 Å². The van der Waals surface area contributed by atoms with Crippen molar-refractivity contribution in [2.24, 2.45) is 10.9 Å². The normalized spacial score (nSPS) is 15.8. The van der Waals surface area contributed by atoms with Crippen molar-refractivity contribution in [3.8, 4) is 5.75 Å². The van der Waals surface area contributed by atoms with E-state index in [9.17, 15) is 4.79 Å². The number of nitrogens with zero attached hydrogens (tertiary/aromatic N) is 2. The zero-order valence-corrected chi connectivity index (χ0v) is 15.5. The molecule has 0 unspecified atom stereocenters. The average molecular weight is 347 g/mol. The van der Waals surface area contributed by atoms with Crippen LogP contribution in [0.1, 0.15) is 32.3 Å². The molecule has 0 aromatic heterocycles. The van der Waals surface area contributed by atoms with Crippen LogP contribution in [0.4, 0.5) is 0 Å². The molecule has 1 aromatic rings. The molecule has 2 rings (SSSR count). The summed E-state index contributed by atoms with van der Waals surface area (Å²) in [5.74, 6) is 1.69. The Hall–Kier alpha value is -2.24. The van der Waals surface area contributed by atoms with Crippen molar-refractivity contribution >= 4 is 11.9 Å². The minimum Gasteiger partial charge on any atom is -0.494 e.